The van der Waals surface area contributed by atoms with Gasteiger partial charge in [-0.1, -0.05) is 11.6 Å². The first kappa shape index (κ1) is 15.6. The maximum atomic E-state index is 13.5. The number of alkyl halides is 1. The van der Waals surface area contributed by atoms with Crippen LogP contribution >= 0.6 is 0 Å². The zero-order valence-corrected chi connectivity index (χ0v) is 12.2. The molecule has 2 aliphatic carbocycles. The lowest BCUT2D eigenvalue weighted by molar-refractivity contribution is 0.00432. The second kappa shape index (κ2) is 7.89. The normalized spacial score (nSPS) is 27.6. The minimum Gasteiger partial charge on any atom is -0.375 e. The van der Waals surface area contributed by atoms with Gasteiger partial charge in [-0.2, -0.15) is 0 Å². The van der Waals surface area contributed by atoms with Gasteiger partial charge in [-0.05, 0) is 38.2 Å². The van der Waals surface area contributed by atoms with Crippen molar-refractivity contribution >= 4 is 0 Å². The molecule has 2 atom stereocenters. The summed E-state index contributed by atoms with van der Waals surface area (Å²) in [5, 5.41) is 0. The van der Waals surface area contributed by atoms with Crippen molar-refractivity contribution in [3.05, 3.63) is 23.0 Å². The fourth-order valence-corrected chi connectivity index (χ4v) is 2.64. The van der Waals surface area contributed by atoms with Crippen LogP contribution in [0.3, 0.4) is 0 Å². The summed E-state index contributed by atoms with van der Waals surface area (Å²) in [7, 11) is 0. The number of halogens is 2. The predicted molar refractivity (Wildman–Crippen MR) is 75.0 cm³/mol. The third kappa shape index (κ3) is 4.98. The Kier molecular flexibility index (Phi) is 6.17. The molecule has 0 saturated heterocycles. The van der Waals surface area contributed by atoms with Gasteiger partial charge in [-0.3, -0.25) is 0 Å². The van der Waals surface area contributed by atoms with Crippen molar-refractivity contribution < 1.29 is 18.3 Å². The Bertz CT molecular complexity index is 377. The van der Waals surface area contributed by atoms with Crippen LogP contribution in [0.5, 0.6) is 0 Å². The van der Waals surface area contributed by atoms with Gasteiger partial charge in [0, 0.05) is 12.8 Å². The van der Waals surface area contributed by atoms with Crippen molar-refractivity contribution in [3.8, 4) is 0 Å². The van der Waals surface area contributed by atoms with Gasteiger partial charge in [0.1, 0.15) is 12.0 Å². The Morgan fingerprint density at radius 1 is 1.25 bits per heavy atom. The predicted octanol–water partition coefficient (Wildman–Crippen LogP) is 4.26. The van der Waals surface area contributed by atoms with Crippen molar-refractivity contribution in [1.82, 2.24) is 0 Å². The van der Waals surface area contributed by atoms with Crippen molar-refractivity contribution in [2.75, 3.05) is 19.8 Å². The van der Waals surface area contributed by atoms with Crippen molar-refractivity contribution in [2.45, 2.75) is 57.7 Å². The Hall–Kier alpha value is -0.740. The molecular formula is C16H24F2O2. The molecule has 20 heavy (non-hydrogen) atoms. The average molecular weight is 286 g/mol. The van der Waals surface area contributed by atoms with E-state index < -0.39 is 6.17 Å². The van der Waals surface area contributed by atoms with Gasteiger partial charge in [-0.15, -0.1) is 0 Å². The molecule has 0 heterocycles. The Morgan fingerprint density at radius 2 is 2.10 bits per heavy atom. The molecule has 4 heteroatoms. The largest absolute Gasteiger partial charge is 0.375 e. The summed E-state index contributed by atoms with van der Waals surface area (Å²) in [6, 6.07) is 0. The van der Waals surface area contributed by atoms with Crippen LogP contribution in [0.2, 0.25) is 0 Å². The summed E-state index contributed by atoms with van der Waals surface area (Å²) in [6.07, 6.45) is 5.40. The number of hydrogen-bond donors (Lipinski definition) is 0. The van der Waals surface area contributed by atoms with E-state index in [1.807, 2.05) is 0 Å². The van der Waals surface area contributed by atoms with E-state index >= 15 is 0 Å². The highest BCUT2D eigenvalue weighted by molar-refractivity contribution is 5.13. The number of allylic oxidation sites excluding steroid dienone is 2. The second-order valence-electron chi connectivity index (χ2n) is 5.72. The van der Waals surface area contributed by atoms with Crippen LogP contribution in [0.1, 0.15) is 45.4 Å². The molecule has 2 unspecified atom stereocenters. The van der Waals surface area contributed by atoms with E-state index in [1.54, 1.807) is 0 Å². The summed E-state index contributed by atoms with van der Waals surface area (Å²) < 4.78 is 37.7. The maximum Gasteiger partial charge on any atom is 0.104 e. The van der Waals surface area contributed by atoms with Crippen LogP contribution in [-0.2, 0) is 9.47 Å². The zero-order valence-electron chi connectivity index (χ0n) is 12.2. The Morgan fingerprint density at radius 3 is 2.85 bits per heavy atom. The zero-order chi connectivity index (χ0) is 14.4. The summed E-state index contributed by atoms with van der Waals surface area (Å²) in [5.74, 6) is -0.187. The highest BCUT2D eigenvalue weighted by Gasteiger charge is 2.20. The quantitative estimate of drug-likeness (QED) is 0.536. The van der Waals surface area contributed by atoms with Crippen LogP contribution < -0.4 is 0 Å². The molecule has 0 saturated carbocycles. The van der Waals surface area contributed by atoms with Gasteiger partial charge in [0.15, 0.2) is 0 Å². The number of hydrogen-bond acceptors (Lipinski definition) is 2. The lowest BCUT2D eigenvalue weighted by Crippen LogP contribution is -2.19. The molecule has 0 radical (unpaired) electrons. The van der Waals surface area contributed by atoms with Gasteiger partial charge in [0.2, 0.25) is 0 Å². The van der Waals surface area contributed by atoms with E-state index in [0.29, 0.717) is 25.2 Å². The molecule has 114 valence electrons. The standard InChI is InChI=1S/C16H24F2O2/c1-12-2-5-15(6-3-12)20-9-8-19-11-13-10-14(17)4-7-16(13)18/h2,14-15H,3-11H2,1H3. The first-order chi connectivity index (χ1) is 9.65. The van der Waals surface area contributed by atoms with Crippen LogP contribution in [0, 0.1) is 0 Å². The number of ether oxygens (including phenoxy) is 2. The molecule has 0 spiro atoms. The molecule has 0 N–H and O–H groups in total. The fourth-order valence-electron chi connectivity index (χ4n) is 2.64. The SMILES string of the molecule is CC1=CCC(OCCOCC2=C(F)CCC(F)C2)CC1. The fraction of sp³-hybridized carbons (Fsp3) is 0.750. The summed E-state index contributed by atoms with van der Waals surface area (Å²) in [4.78, 5) is 0. The first-order valence-electron chi connectivity index (χ1n) is 7.50. The molecule has 0 amide bonds. The third-order valence-corrected chi connectivity index (χ3v) is 3.98. The lowest BCUT2D eigenvalue weighted by Gasteiger charge is -2.21. The highest BCUT2D eigenvalue weighted by Crippen LogP contribution is 2.28. The van der Waals surface area contributed by atoms with E-state index in [-0.39, 0.29) is 31.4 Å². The van der Waals surface area contributed by atoms with E-state index in [2.05, 4.69) is 13.0 Å². The maximum absolute atomic E-state index is 13.5. The van der Waals surface area contributed by atoms with E-state index in [1.165, 1.54) is 5.57 Å². The first-order valence-corrected chi connectivity index (χ1v) is 7.50. The summed E-state index contributed by atoms with van der Waals surface area (Å²) in [6.45, 7) is 3.29. The summed E-state index contributed by atoms with van der Waals surface area (Å²) in [5.41, 5.74) is 1.92. The van der Waals surface area contributed by atoms with Gasteiger partial charge >= 0.3 is 0 Å². The molecule has 2 nitrogen and oxygen atoms in total. The van der Waals surface area contributed by atoms with Crippen molar-refractivity contribution in [2.24, 2.45) is 0 Å². The molecule has 0 aliphatic heterocycles. The van der Waals surface area contributed by atoms with Crippen LogP contribution in [0.4, 0.5) is 8.78 Å². The Balaban J connectivity index is 1.58. The second-order valence-corrected chi connectivity index (χ2v) is 5.72. The molecule has 0 fully saturated rings. The monoisotopic (exact) mass is 286 g/mol. The average Bonchev–Trinajstić information content (AvgIpc) is 2.44. The van der Waals surface area contributed by atoms with Gasteiger partial charge < -0.3 is 9.47 Å². The molecule has 0 aromatic heterocycles. The topological polar surface area (TPSA) is 18.5 Å². The van der Waals surface area contributed by atoms with Gasteiger partial charge in [-0.25, -0.2) is 8.78 Å². The molecule has 0 bridgehead atoms. The van der Waals surface area contributed by atoms with Crippen molar-refractivity contribution in [3.63, 3.8) is 0 Å². The minimum absolute atomic E-state index is 0.180. The molecule has 2 rings (SSSR count). The Labute approximate surface area is 119 Å². The van der Waals surface area contributed by atoms with Crippen molar-refractivity contribution in [1.29, 1.82) is 0 Å². The van der Waals surface area contributed by atoms with Crippen LogP contribution in [0.15, 0.2) is 23.0 Å². The van der Waals surface area contributed by atoms with E-state index in [4.69, 9.17) is 9.47 Å². The number of rotatable bonds is 6. The summed E-state index contributed by atoms with van der Waals surface area (Å²) >= 11 is 0. The van der Waals surface area contributed by atoms with Crippen LogP contribution in [-0.4, -0.2) is 32.1 Å². The lowest BCUT2D eigenvalue weighted by atomic mass is 9.97. The van der Waals surface area contributed by atoms with E-state index in [0.717, 1.165) is 19.3 Å². The minimum atomic E-state index is -0.915. The van der Waals surface area contributed by atoms with E-state index in [9.17, 15) is 8.78 Å². The van der Waals surface area contributed by atoms with Gasteiger partial charge in [0.25, 0.3) is 0 Å². The highest BCUT2D eigenvalue weighted by atomic mass is 19.1. The molecule has 0 aromatic rings. The van der Waals surface area contributed by atoms with Gasteiger partial charge in [0.05, 0.1) is 25.9 Å². The third-order valence-electron chi connectivity index (χ3n) is 3.98. The molecule has 2 aliphatic rings. The smallest absolute Gasteiger partial charge is 0.104 e. The van der Waals surface area contributed by atoms with Crippen LogP contribution in [0.25, 0.3) is 0 Å². The molecule has 0 aromatic carbocycles. The molecular weight excluding hydrogens is 262 g/mol.